The Morgan fingerprint density at radius 2 is 2.36 bits per heavy atom. The summed E-state index contributed by atoms with van der Waals surface area (Å²) in [6.07, 6.45) is 8.42. The van der Waals surface area contributed by atoms with Crippen LogP contribution in [0.15, 0.2) is 16.9 Å². The fourth-order valence-electron chi connectivity index (χ4n) is 3.22. The fraction of sp³-hybridized carbons (Fsp3) is 0.647. The second-order valence-corrected chi connectivity index (χ2v) is 6.56. The average molecular weight is 346 g/mol. The van der Waals surface area contributed by atoms with Crippen LogP contribution in [0.3, 0.4) is 0 Å². The van der Waals surface area contributed by atoms with Crippen LogP contribution >= 0.6 is 0 Å². The summed E-state index contributed by atoms with van der Waals surface area (Å²) < 4.78 is 7.17. The first-order valence-corrected chi connectivity index (χ1v) is 8.96. The summed E-state index contributed by atoms with van der Waals surface area (Å²) in [6, 6.07) is 0.335. The molecule has 2 aromatic rings. The molecule has 1 aliphatic rings. The Kier molecular flexibility index (Phi) is 5.80. The molecule has 3 heterocycles. The molecule has 0 aliphatic carbocycles. The van der Waals surface area contributed by atoms with Crippen LogP contribution in [0.4, 0.5) is 0 Å². The van der Waals surface area contributed by atoms with E-state index in [0.717, 1.165) is 32.2 Å². The van der Waals surface area contributed by atoms with Crippen LogP contribution < -0.4 is 5.32 Å². The Balaban J connectivity index is 1.54. The van der Waals surface area contributed by atoms with E-state index < -0.39 is 0 Å². The number of aryl methyl sites for hydroxylation is 1. The average Bonchev–Trinajstić information content (AvgIpc) is 3.30. The van der Waals surface area contributed by atoms with Crippen molar-refractivity contribution >= 4 is 5.91 Å². The highest BCUT2D eigenvalue weighted by Crippen LogP contribution is 2.32. The molecule has 25 heavy (non-hydrogen) atoms. The molecule has 1 fully saturated rings. The minimum absolute atomic E-state index is 0.0600. The summed E-state index contributed by atoms with van der Waals surface area (Å²) in [6.45, 7) is 4.38. The quantitative estimate of drug-likeness (QED) is 0.730. The molecule has 1 atom stereocenters. The molecule has 0 aromatic carbocycles. The van der Waals surface area contributed by atoms with Gasteiger partial charge in [-0.25, -0.2) is 0 Å². The van der Waals surface area contributed by atoms with Crippen LogP contribution in [-0.2, 0) is 24.8 Å². The number of carbonyl (C=O) groups excluding carboxylic acids is 1. The number of nitrogens with one attached hydrogen (secondary N) is 1. The lowest BCUT2D eigenvalue weighted by Crippen LogP contribution is -2.26. The zero-order chi connectivity index (χ0) is 17.6. The highest BCUT2D eigenvalue weighted by Gasteiger charge is 2.28. The van der Waals surface area contributed by atoms with Gasteiger partial charge in [0.25, 0.3) is 0 Å². The summed E-state index contributed by atoms with van der Waals surface area (Å²) in [5, 5.41) is 11.1. The Labute approximate surface area is 147 Å². The van der Waals surface area contributed by atoms with Gasteiger partial charge in [-0.3, -0.25) is 14.4 Å². The number of unbranched alkanes of at least 4 members (excludes halogenated alkanes) is 1. The summed E-state index contributed by atoms with van der Waals surface area (Å²) >= 11 is 0. The van der Waals surface area contributed by atoms with Crippen molar-refractivity contribution in [1.82, 2.24) is 30.1 Å². The maximum absolute atomic E-state index is 11.8. The monoisotopic (exact) mass is 346 g/mol. The molecule has 1 unspecified atom stereocenters. The summed E-state index contributed by atoms with van der Waals surface area (Å²) in [5.74, 6) is 0.948. The van der Waals surface area contributed by atoms with E-state index in [2.05, 4.69) is 38.6 Å². The van der Waals surface area contributed by atoms with Crippen LogP contribution in [0, 0.1) is 0 Å². The zero-order valence-electron chi connectivity index (χ0n) is 14.9. The van der Waals surface area contributed by atoms with E-state index in [9.17, 15) is 4.79 Å². The number of hydrogen-bond donors (Lipinski definition) is 1. The Morgan fingerprint density at radius 1 is 1.48 bits per heavy atom. The molecule has 0 bridgehead atoms. The van der Waals surface area contributed by atoms with E-state index in [1.807, 2.05) is 17.9 Å². The number of hydrogen-bond acceptors (Lipinski definition) is 6. The van der Waals surface area contributed by atoms with Gasteiger partial charge in [0.15, 0.2) is 5.82 Å². The summed E-state index contributed by atoms with van der Waals surface area (Å²) in [4.78, 5) is 18.5. The molecule has 8 nitrogen and oxygen atoms in total. The topological polar surface area (TPSA) is 89.1 Å². The third-order valence-corrected chi connectivity index (χ3v) is 4.49. The van der Waals surface area contributed by atoms with Crippen molar-refractivity contribution in [3.63, 3.8) is 0 Å². The van der Waals surface area contributed by atoms with Crippen molar-refractivity contribution in [3.05, 3.63) is 29.7 Å². The van der Waals surface area contributed by atoms with Crippen LogP contribution in [0.2, 0.25) is 0 Å². The third kappa shape index (κ3) is 4.66. The van der Waals surface area contributed by atoms with Gasteiger partial charge in [-0.15, -0.1) is 0 Å². The molecule has 3 rings (SSSR count). The summed E-state index contributed by atoms with van der Waals surface area (Å²) in [5.41, 5.74) is 1.22. The second-order valence-electron chi connectivity index (χ2n) is 6.56. The van der Waals surface area contributed by atoms with Crippen LogP contribution in [0.25, 0.3) is 0 Å². The van der Waals surface area contributed by atoms with Gasteiger partial charge in [0.05, 0.1) is 19.2 Å². The Hall–Kier alpha value is -2.22. The van der Waals surface area contributed by atoms with Crippen molar-refractivity contribution in [3.8, 4) is 0 Å². The lowest BCUT2D eigenvalue weighted by molar-refractivity contribution is -0.120. The smallest absolute Gasteiger partial charge is 0.240 e. The maximum Gasteiger partial charge on any atom is 0.240 e. The minimum Gasteiger partial charge on any atom is -0.356 e. The molecule has 0 saturated carbocycles. The van der Waals surface area contributed by atoms with Crippen molar-refractivity contribution < 1.29 is 9.32 Å². The maximum atomic E-state index is 11.8. The largest absolute Gasteiger partial charge is 0.356 e. The molecule has 0 radical (unpaired) electrons. The molecule has 136 valence electrons. The molecule has 1 saturated heterocycles. The lowest BCUT2D eigenvalue weighted by atomic mass is 10.1. The molecule has 0 spiro atoms. The second kappa shape index (κ2) is 8.24. The van der Waals surface area contributed by atoms with Crippen molar-refractivity contribution in [2.24, 2.45) is 7.05 Å². The van der Waals surface area contributed by atoms with Gasteiger partial charge in [-0.1, -0.05) is 18.5 Å². The first kappa shape index (κ1) is 17.6. The zero-order valence-corrected chi connectivity index (χ0v) is 14.9. The van der Waals surface area contributed by atoms with Gasteiger partial charge < -0.3 is 9.84 Å². The standard InChI is InChI=1S/C17H26N6O2/c1-3-4-7-18-16(24)9-15-20-17(25-21-15)12-23-8-5-6-14(23)13-10-19-22(2)11-13/h10-11,14H,3-9,12H2,1-2H3,(H,18,24). The van der Waals surface area contributed by atoms with E-state index in [1.54, 1.807) is 0 Å². The predicted octanol–water partition coefficient (Wildman–Crippen LogP) is 1.60. The van der Waals surface area contributed by atoms with Gasteiger partial charge >= 0.3 is 0 Å². The number of nitrogens with zero attached hydrogens (tertiary/aromatic N) is 5. The fourth-order valence-corrected chi connectivity index (χ4v) is 3.22. The highest BCUT2D eigenvalue weighted by atomic mass is 16.5. The third-order valence-electron chi connectivity index (χ3n) is 4.49. The van der Waals surface area contributed by atoms with Gasteiger partial charge in [-0.2, -0.15) is 10.1 Å². The predicted molar refractivity (Wildman–Crippen MR) is 91.5 cm³/mol. The van der Waals surface area contributed by atoms with E-state index in [-0.39, 0.29) is 12.3 Å². The normalized spacial score (nSPS) is 17.9. The Morgan fingerprint density at radius 3 is 3.12 bits per heavy atom. The first-order valence-electron chi connectivity index (χ1n) is 8.96. The lowest BCUT2D eigenvalue weighted by Gasteiger charge is -2.21. The van der Waals surface area contributed by atoms with Gasteiger partial charge in [0.2, 0.25) is 11.8 Å². The van der Waals surface area contributed by atoms with Gasteiger partial charge in [0.1, 0.15) is 0 Å². The Bertz CT molecular complexity index is 695. The molecule has 1 amide bonds. The minimum atomic E-state index is -0.0600. The first-order chi connectivity index (χ1) is 12.2. The summed E-state index contributed by atoms with van der Waals surface area (Å²) in [7, 11) is 1.93. The molecular formula is C17H26N6O2. The van der Waals surface area contributed by atoms with E-state index in [1.165, 1.54) is 5.56 Å². The molecule has 1 N–H and O–H groups in total. The van der Waals surface area contributed by atoms with Crippen molar-refractivity contribution in [2.45, 2.75) is 51.6 Å². The van der Waals surface area contributed by atoms with Crippen LogP contribution in [0.1, 0.15) is 55.9 Å². The molecular weight excluding hydrogens is 320 g/mol. The molecule has 1 aliphatic heterocycles. The molecule has 8 heteroatoms. The van der Waals surface area contributed by atoms with Crippen LogP contribution in [-0.4, -0.2) is 43.8 Å². The van der Waals surface area contributed by atoms with Crippen molar-refractivity contribution in [1.29, 1.82) is 0 Å². The highest BCUT2D eigenvalue weighted by molar-refractivity contribution is 5.77. The van der Waals surface area contributed by atoms with E-state index >= 15 is 0 Å². The van der Waals surface area contributed by atoms with Crippen LogP contribution in [0.5, 0.6) is 0 Å². The van der Waals surface area contributed by atoms with E-state index in [4.69, 9.17) is 4.52 Å². The number of likely N-dealkylation sites (tertiary alicyclic amines) is 1. The number of rotatable bonds is 8. The van der Waals surface area contributed by atoms with Gasteiger partial charge in [-0.05, 0) is 25.8 Å². The van der Waals surface area contributed by atoms with Crippen molar-refractivity contribution in [2.75, 3.05) is 13.1 Å². The van der Waals surface area contributed by atoms with Gasteiger partial charge in [0, 0.05) is 31.4 Å². The van der Waals surface area contributed by atoms with E-state index in [0.29, 0.717) is 30.8 Å². The number of aromatic nitrogens is 4. The number of carbonyl (C=O) groups is 1. The molecule has 2 aromatic heterocycles. The SMILES string of the molecule is CCCCNC(=O)Cc1noc(CN2CCCC2c2cnn(C)c2)n1. The number of amides is 1.